The van der Waals surface area contributed by atoms with Crippen LogP contribution in [0.5, 0.6) is 0 Å². The van der Waals surface area contributed by atoms with Crippen molar-refractivity contribution >= 4 is 6.09 Å². The fourth-order valence-electron chi connectivity index (χ4n) is 3.42. The van der Waals surface area contributed by atoms with E-state index >= 15 is 0 Å². The maximum atomic E-state index is 12.3. The van der Waals surface area contributed by atoms with Crippen molar-refractivity contribution in [3.63, 3.8) is 0 Å². The number of hydrogen-bond donors (Lipinski definition) is 0. The molecule has 2 saturated heterocycles. The van der Waals surface area contributed by atoms with E-state index in [9.17, 15) is 4.79 Å². The summed E-state index contributed by atoms with van der Waals surface area (Å²) in [5.74, 6) is 0.705. The van der Waals surface area contributed by atoms with Gasteiger partial charge in [0.05, 0.1) is 0 Å². The summed E-state index contributed by atoms with van der Waals surface area (Å²) < 4.78 is 10.7. The molecule has 0 aromatic carbocycles. The normalized spacial score (nSPS) is 30.5. The highest BCUT2D eigenvalue weighted by Gasteiger charge is 2.44. The Kier molecular flexibility index (Phi) is 4.39. The smallest absolute Gasteiger partial charge is 0.410 e. The van der Waals surface area contributed by atoms with Crippen molar-refractivity contribution in [3.8, 4) is 0 Å². The van der Waals surface area contributed by atoms with E-state index < -0.39 is 5.60 Å². The first-order valence-corrected chi connectivity index (χ1v) is 7.41. The van der Waals surface area contributed by atoms with Crippen LogP contribution in [0, 0.1) is 5.92 Å². The molecule has 0 aromatic rings. The summed E-state index contributed by atoms with van der Waals surface area (Å²) in [6.07, 6.45) is 5.48. The third-order valence-electron chi connectivity index (χ3n) is 4.17. The summed E-state index contributed by atoms with van der Waals surface area (Å²) in [4.78, 5) is 14.3. The van der Waals surface area contributed by atoms with Crippen LogP contribution in [-0.2, 0) is 9.47 Å². The summed E-state index contributed by atoms with van der Waals surface area (Å²) >= 11 is 0. The quantitative estimate of drug-likeness (QED) is 0.789. The zero-order valence-electron chi connectivity index (χ0n) is 12.6. The lowest BCUT2D eigenvalue weighted by Gasteiger charge is -2.39. The van der Waals surface area contributed by atoms with Crippen LogP contribution in [0.2, 0.25) is 0 Å². The van der Waals surface area contributed by atoms with Gasteiger partial charge in [0.2, 0.25) is 0 Å². The minimum absolute atomic E-state index is 0.120. The fourth-order valence-corrected chi connectivity index (χ4v) is 3.42. The van der Waals surface area contributed by atoms with Gasteiger partial charge in [0.15, 0.2) is 0 Å². The molecule has 4 heteroatoms. The molecule has 110 valence electrons. The lowest BCUT2D eigenvalue weighted by atomic mass is 9.88. The molecule has 4 nitrogen and oxygen atoms in total. The maximum Gasteiger partial charge on any atom is 0.410 e. The summed E-state index contributed by atoms with van der Waals surface area (Å²) in [5.41, 5.74) is -0.399. The predicted octanol–water partition coefficient (Wildman–Crippen LogP) is 3.20. The van der Waals surface area contributed by atoms with E-state index in [1.54, 1.807) is 7.11 Å². The molecule has 0 aliphatic carbocycles. The Morgan fingerprint density at radius 3 is 2.26 bits per heavy atom. The molecule has 0 saturated carbocycles. The van der Waals surface area contributed by atoms with E-state index in [4.69, 9.17) is 9.47 Å². The lowest BCUT2D eigenvalue weighted by molar-refractivity contribution is 0.000278. The van der Waals surface area contributed by atoms with Gasteiger partial charge in [0, 0.05) is 25.8 Å². The van der Waals surface area contributed by atoms with Gasteiger partial charge in [0.1, 0.15) is 5.60 Å². The molecule has 2 heterocycles. The fraction of sp³-hybridized carbons (Fsp3) is 0.933. The van der Waals surface area contributed by atoms with Crippen LogP contribution in [0.25, 0.3) is 0 Å². The number of amides is 1. The molecule has 2 rings (SSSR count). The molecular formula is C15H27NO3. The first-order valence-electron chi connectivity index (χ1n) is 7.41. The van der Waals surface area contributed by atoms with Crippen molar-refractivity contribution in [2.75, 3.05) is 13.7 Å². The van der Waals surface area contributed by atoms with Crippen LogP contribution in [-0.4, -0.2) is 42.4 Å². The number of rotatable bonds is 3. The molecule has 3 atom stereocenters. The molecule has 0 N–H and O–H groups in total. The van der Waals surface area contributed by atoms with Crippen LogP contribution in [0.15, 0.2) is 0 Å². The summed E-state index contributed by atoms with van der Waals surface area (Å²) in [6, 6.07) is 0.769. The van der Waals surface area contributed by atoms with E-state index in [-0.39, 0.29) is 6.09 Å². The number of fused-ring (bicyclic) bond motifs is 2. The average Bonchev–Trinajstić information content (AvgIpc) is 2.56. The van der Waals surface area contributed by atoms with Gasteiger partial charge in [-0.2, -0.15) is 0 Å². The molecule has 2 aliphatic rings. The van der Waals surface area contributed by atoms with Crippen LogP contribution >= 0.6 is 0 Å². The van der Waals surface area contributed by atoms with Crippen molar-refractivity contribution in [3.05, 3.63) is 0 Å². The minimum atomic E-state index is -0.399. The minimum Gasteiger partial charge on any atom is -0.444 e. The van der Waals surface area contributed by atoms with Crippen molar-refractivity contribution < 1.29 is 14.3 Å². The van der Waals surface area contributed by atoms with E-state index in [0.29, 0.717) is 18.0 Å². The monoisotopic (exact) mass is 269 g/mol. The Bertz CT molecular complexity index is 310. The Balaban J connectivity index is 1.93. The van der Waals surface area contributed by atoms with Crippen molar-refractivity contribution in [2.24, 2.45) is 5.92 Å². The molecule has 19 heavy (non-hydrogen) atoms. The summed E-state index contributed by atoms with van der Waals surface area (Å²) in [6.45, 7) is 6.62. The Labute approximate surface area is 116 Å². The van der Waals surface area contributed by atoms with Gasteiger partial charge in [-0.1, -0.05) is 0 Å². The first-order chi connectivity index (χ1) is 8.90. The standard InChI is InChI=1S/C15H27NO3/c1-15(2,3)19-14(17)16-12-5-6-13(16)10-11(9-12)7-8-18-4/h11-13H,5-10H2,1-4H3/t11-,12+,13-. The maximum absolute atomic E-state index is 12.3. The molecule has 2 fully saturated rings. The number of carbonyl (C=O) groups is 1. The van der Waals surface area contributed by atoms with Gasteiger partial charge in [-0.05, 0) is 58.8 Å². The second kappa shape index (κ2) is 5.70. The molecule has 2 bridgehead atoms. The number of ether oxygens (including phenoxy) is 2. The Hall–Kier alpha value is -0.770. The number of nitrogens with zero attached hydrogens (tertiary/aromatic N) is 1. The molecular weight excluding hydrogens is 242 g/mol. The molecule has 2 aliphatic heterocycles. The van der Waals surface area contributed by atoms with Gasteiger partial charge in [-0.3, -0.25) is 0 Å². The van der Waals surface area contributed by atoms with Gasteiger partial charge in [0.25, 0.3) is 0 Å². The van der Waals surface area contributed by atoms with E-state index in [1.807, 2.05) is 25.7 Å². The Morgan fingerprint density at radius 2 is 1.79 bits per heavy atom. The zero-order valence-corrected chi connectivity index (χ0v) is 12.6. The third kappa shape index (κ3) is 3.62. The van der Waals surface area contributed by atoms with E-state index in [1.165, 1.54) is 0 Å². The highest BCUT2D eigenvalue weighted by molar-refractivity contribution is 5.69. The highest BCUT2D eigenvalue weighted by Crippen LogP contribution is 2.40. The number of carbonyl (C=O) groups excluding carboxylic acids is 1. The average molecular weight is 269 g/mol. The van der Waals surface area contributed by atoms with Crippen LogP contribution in [0.3, 0.4) is 0 Å². The van der Waals surface area contributed by atoms with Gasteiger partial charge < -0.3 is 14.4 Å². The third-order valence-corrected chi connectivity index (χ3v) is 4.17. The van der Waals surface area contributed by atoms with E-state index in [0.717, 1.165) is 38.7 Å². The zero-order chi connectivity index (χ0) is 14.0. The van der Waals surface area contributed by atoms with Crippen molar-refractivity contribution in [1.82, 2.24) is 4.90 Å². The Morgan fingerprint density at radius 1 is 1.21 bits per heavy atom. The predicted molar refractivity (Wildman–Crippen MR) is 74.1 cm³/mol. The van der Waals surface area contributed by atoms with Gasteiger partial charge in [-0.15, -0.1) is 0 Å². The van der Waals surface area contributed by atoms with Crippen LogP contribution in [0.1, 0.15) is 52.9 Å². The second-order valence-electron chi connectivity index (χ2n) is 6.89. The first kappa shape index (κ1) is 14.6. The molecule has 0 unspecified atom stereocenters. The van der Waals surface area contributed by atoms with Crippen LogP contribution < -0.4 is 0 Å². The van der Waals surface area contributed by atoms with Gasteiger partial charge in [-0.25, -0.2) is 4.79 Å². The largest absolute Gasteiger partial charge is 0.444 e. The number of hydrogen-bond acceptors (Lipinski definition) is 3. The SMILES string of the molecule is COCC[C@H]1C[C@H]2CC[C@@H](C1)N2C(=O)OC(C)(C)C. The number of methoxy groups -OCH3 is 1. The number of piperidine rings is 1. The summed E-state index contributed by atoms with van der Waals surface area (Å²) in [7, 11) is 1.75. The molecule has 0 spiro atoms. The molecule has 0 aromatic heterocycles. The van der Waals surface area contributed by atoms with Crippen molar-refractivity contribution in [2.45, 2.75) is 70.6 Å². The summed E-state index contributed by atoms with van der Waals surface area (Å²) in [5, 5.41) is 0. The van der Waals surface area contributed by atoms with Crippen molar-refractivity contribution in [1.29, 1.82) is 0 Å². The molecule has 0 radical (unpaired) electrons. The topological polar surface area (TPSA) is 38.8 Å². The highest BCUT2D eigenvalue weighted by atomic mass is 16.6. The second-order valence-corrected chi connectivity index (χ2v) is 6.89. The van der Waals surface area contributed by atoms with Crippen LogP contribution in [0.4, 0.5) is 4.79 Å². The lowest BCUT2D eigenvalue weighted by Crippen LogP contribution is -2.48. The van der Waals surface area contributed by atoms with Gasteiger partial charge >= 0.3 is 6.09 Å². The molecule has 1 amide bonds. The van der Waals surface area contributed by atoms with E-state index in [2.05, 4.69) is 0 Å².